The Bertz CT molecular complexity index is 981. The summed E-state index contributed by atoms with van der Waals surface area (Å²) in [6.45, 7) is 1.80. The van der Waals surface area contributed by atoms with Gasteiger partial charge in [0.1, 0.15) is 40.1 Å². The van der Waals surface area contributed by atoms with E-state index in [1.165, 1.54) is 11.8 Å². The standard InChI is InChI=1S/C18H12N4OS/c1-11-7-8-15(23-11)16-13(9-19)17(21)22-18(14(16)10-20)24-12-5-3-2-4-6-12/h2-8H,1H3,(H2,21,22). The number of anilines is 1. The number of nitrogens with zero attached hydrogens (tertiary/aromatic N) is 3. The summed E-state index contributed by atoms with van der Waals surface area (Å²) in [4.78, 5) is 5.18. The van der Waals surface area contributed by atoms with Crippen molar-refractivity contribution in [2.24, 2.45) is 0 Å². The third kappa shape index (κ3) is 2.83. The first kappa shape index (κ1) is 15.7. The summed E-state index contributed by atoms with van der Waals surface area (Å²) in [5, 5.41) is 19.5. The molecular weight excluding hydrogens is 320 g/mol. The van der Waals surface area contributed by atoms with Crippen molar-refractivity contribution in [3.8, 4) is 23.5 Å². The minimum atomic E-state index is 0.0824. The summed E-state index contributed by atoms with van der Waals surface area (Å²) in [7, 11) is 0. The van der Waals surface area contributed by atoms with E-state index in [0.717, 1.165) is 4.90 Å². The largest absolute Gasteiger partial charge is 0.461 e. The molecule has 0 aliphatic rings. The lowest BCUT2D eigenvalue weighted by Crippen LogP contribution is -2.02. The minimum absolute atomic E-state index is 0.0824. The van der Waals surface area contributed by atoms with Crippen LogP contribution in [0.1, 0.15) is 16.9 Å². The van der Waals surface area contributed by atoms with Crippen LogP contribution in [0, 0.1) is 29.6 Å². The van der Waals surface area contributed by atoms with Crippen LogP contribution in [0.3, 0.4) is 0 Å². The van der Waals surface area contributed by atoms with Crippen molar-refractivity contribution in [1.29, 1.82) is 10.5 Å². The summed E-state index contributed by atoms with van der Waals surface area (Å²) in [6, 6.07) is 17.2. The zero-order valence-electron chi connectivity index (χ0n) is 12.8. The van der Waals surface area contributed by atoms with Gasteiger partial charge in [0, 0.05) is 4.90 Å². The Kier molecular flexibility index (Phi) is 4.24. The lowest BCUT2D eigenvalue weighted by atomic mass is 10.0. The Morgan fingerprint density at radius 3 is 2.33 bits per heavy atom. The highest BCUT2D eigenvalue weighted by Crippen LogP contribution is 2.38. The summed E-state index contributed by atoms with van der Waals surface area (Å²) in [5.41, 5.74) is 6.78. The molecule has 0 fully saturated rings. The minimum Gasteiger partial charge on any atom is -0.461 e. The molecule has 6 heteroatoms. The second kappa shape index (κ2) is 6.49. The fourth-order valence-corrected chi connectivity index (χ4v) is 3.20. The second-order valence-electron chi connectivity index (χ2n) is 4.98. The molecule has 0 bridgehead atoms. The van der Waals surface area contributed by atoms with Crippen LogP contribution in [0.25, 0.3) is 11.3 Å². The van der Waals surface area contributed by atoms with Crippen molar-refractivity contribution in [1.82, 2.24) is 4.98 Å². The van der Waals surface area contributed by atoms with Gasteiger partial charge in [-0.3, -0.25) is 0 Å². The maximum absolute atomic E-state index is 9.66. The van der Waals surface area contributed by atoms with Crippen LogP contribution in [0.15, 0.2) is 56.8 Å². The van der Waals surface area contributed by atoms with Gasteiger partial charge in [0.05, 0.1) is 11.1 Å². The fourth-order valence-electron chi connectivity index (χ4n) is 2.29. The molecule has 0 unspecified atom stereocenters. The van der Waals surface area contributed by atoms with E-state index >= 15 is 0 Å². The maximum atomic E-state index is 9.66. The van der Waals surface area contributed by atoms with Gasteiger partial charge in [0.15, 0.2) is 0 Å². The predicted molar refractivity (Wildman–Crippen MR) is 91.1 cm³/mol. The van der Waals surface area contributed by atoms with E-state index in [9.17, 15) is 10.5 Å². The lowest BCUT2D eigenvalue weighted by Gasteiger charge is -2.11. The molecule has 24 heavy (non-hydrogen) atoms. The van der Waals surface area contributed by atoms with Crippen LogP contribution in [0.4, 0.5) is 5.82 Å². The highest BCUT2D eigenvalue weighted by molar-refractivity contribution is 7.99. The number of furan rings is 1. The first-order valence-electron chi connectivity index (χ1n) is 7.07. The number of benzene rings is 1. The van der Waals surface area contributed by atoms with Gasteiger partial charge in [-0.05, 0) is 31.2 Å². The molecule has 2 heterocycles. The monoisotopic (exact) mass is 332 g/mol. The average Bonchev–Trinajstić information content (AvgIpc) is 3.01. The number of hydrogen-bond acceptors (Lipinski definition) is 6. The molecule has 3 aromatic rings. The van der Waals surface area contributed by atoms with Gasteiger partial charge in [-0.2, -0.15) is 10.5 Å². The van der Waals surface area contributed by atoms with Crippen LogP contribution in [0.2, 0.25) is 0 Å². The fraction of sp³-hybridized carbons (Fsp3) is 0.0556. The Labute approximate surface area is 143 Å². The molecule has 0 aliphatic carbocycles. The third-order valence-electron chi connectivity index (χ3n) is 3.36. The Morgan fingerprint density at radius 1 is 1.04 bits per heavy atom. The predicted octanol–water partition coefficient (Wildman–Crippen LogP) is 4.13. The number of aromatic nitrogens is 1. The lowest BCUT2D eigenvalue weighted by molar-refractivity contribution is 0.548. The molecule has 5 nitrogen and oxygen atoms in total. The number of nitriles is 2. The van der Waals surface area contributed by atoms with E-state index in [-0.39, 0.29) is 16.9 Å². The summed E-state index contributed by atoms with van der Waals surface area (Å²) < 4.78 is 5.62. The zero-order valence-corrected chi connectivity index (χ0v) is 13.6. The second-order valence-corrected chi connectivity index (χ2v) is 6.04. The molecule has 0 saturated heterocycles. The SMILES string of the molecule is Cc1ccc(-c2c(C#N)c(N)nc(Sc3ccccc3)c2C#N)o1. The number of aryl methyl sites for hydroxylation is 1. The summed E-state index contributed by atoms with van der Waals surface area (Å²) >= 11 is 1.32. The van der Waals surface area contributed by atoms with Gasteiger partial charge in [-0.25, -0.2) is 4.98 Å². The zero-order chi connectivity index (χ0) is 17.1. The number of rotatable bonds is 3. The number of nitrogen functional groups attached to an aromatic ring is 1. The molecule has 0 amide bonds. The molecule has 0 radical (unpaired) electrons. The van der Waals surface area contributed by atoms with E-state index in [0.29, 0.717) is 22.1 Å². The summed E-state index contributed by atoms with van der Waals surface area (Å²) in [6.07, 6.45) is 0. The quantitative estimate of drug-likeness (QED) is 0.774. The highest BCUT2D eigenvalue weighted by atomic mass is 32.2. The van der Waals surface area contributed by atoms with Crippen molar-refractivity contribution in [3.05, 3.63) is 59.4 Å². The third-order valence-corrected chi connectivity index (χ3v) is 4.36. The van der Waals surface area contributed by atoms with Crippen LogP contribution < -0.4 is 5.73 Å². The van der Waals surface area contributed by atoms with Crippen molar-refractivity contribution in [2.75, 3.05) is 5.73 Å². The molecule has 0 aliphatic heterocycles. The molecular formula is C18H12N4OS. The number of hydrogen-bond donors (Lipinski definition) is 1. The van der Waals surface area contributed by atoms with Crippen molar-refractivity contribution in [2.45, 2.75) is 16.8 Å². The average molecular weight is 332 g/mol. The van der Waals surface area contributed by atoms with E-state index in [2.05, 4.69) is 11.1 Å². The van der Waals surface area contributed by atoms with Crippen molar-refractivity contribution < 1.29 is 4.42 Å². The van der Waals surface area contributed by atoms with E-state index in [1.807, 2.05) is 36.4 Å². The summed E-state index contributed by atoms with van der Waals surface area (Å²) in [5.74, 6) is 1.20. The Hall–Kier alpha value is -3.22. The van der Waals surface area contributed by atoms with Gasteiger partial charge >= 0.3 is 0 Å². The van der Waals surface area contributed by atoms with Crippen LogP contribution in [-0.2, 0) is 0 Å². The van der Waals surface area contributed by atoms with Gasteiger partial charge in [-0.1, -0.05) is 30.0 Å². The molecule has 2 aromatic heterocycles. The molecule has 2 N–H and O–H groups in total. The first-order chi connectivity index (χ1) is 11.6. The van der Waals surface area contributed by atoms with E-state index in [4.69, 9.17) is 10.2 Å². The normalized spacial score (nSPS) is 10.1. The van der Waals surface area contributed by atoms with Crippen LogP contribution in [0.5, 0.6) is 0 Å². The van der Waals surface area contributed by atoms with Gasteiger partial charge in [0.2, 0.25) is 0 Å². The molecule has 0 atom stereocenters. The van der Waals surface area contributed by atoms with E-state index in [1.54, 1.807) is 19.1 Å². The maximum Gasteiger partial charge on any atom is 0.143 e. The van der Waals surface area contributed by atoms with E-state index < -0.39 is 0 Å². The number of pyridine rings is 1. The van der Waals surface area contributed by atoms with Gasteiger partial charge in [-0.15, -0.1) is 0 Å². The molecule has 0 spiro atoms. The Morgan fingerprint density at radius 2 is 1.75 bits per heavy atom. The van der Waals surface area contributed by atoms with Crippen LogP contribution >= 0.6 is 11.8 Å². The molecule has 0 saturated carbocycles. The smallest absolute Gasteiger partial charge is 0.143 e. The van der Waals surface area contributed by atoms with Gasteiger partial charge in [0.25, 0.3) is 0 Å². The highest BCUT2D eigenvalue weighted by Gasteiger charge is 2.22. The van der Waals surface area contributed by atoms with Crippen LogP contribution in [-0.4, -0.2) is 4.98 Å². The van der Waals surface area contributed by atoms with Crippen molar-refractivity contribution >= 4 is 17.6 Å². The molecule has 116 valence electrons. The first-order valence-corrected chi connectivity index (χ1v) is 7.89. The van der Waals surface area contributed by atoms with Crippen molar-refractivity contribution in [3.63, 3.8) is 0 Å². The number of nitrogens with two attached hydrogens (primary N) is 1. The molecule has 3 rings (SSSR count). The topological polar surface area (TPSA) is 99.6 Å². The Balaban J connectivity index is 2.24. The van der Waals surface area contributed by atoms with Gasteiger partial charge < -0.3 is 10.2 Å². The molecule has 1 aromatic carbocycles.